The number of amides is 2. The summed E-state index contributed by atoms with van der Waals surface area (Å²) >= 11 is 12.4. The number of benzene rings is 2. The SMILES string of the molecule is COc1ccccc1N(CC(=O)N(Cc1ccc(Cl)cc1Cl)[C@H](C)C(=O)NC1CCCCC1)S(C)(=O)=O. The first-order chi connectivity index (χ1) is 17.5. The summed E-state index contributed by atoms with van der Waals surface area (Å²) in [4.78, 5) is 28.3. The minimum atomic E-state index is -3.87. The molecule has 1 fully saturated rings. The number of halogens is 2. The number of nitrogens with zero attached hydrogens (tertiary/aromatic N) is 2. The van der Waals surface area contributed by atoms with Gasteiger partial charge in [0, 0.05) is 22.6 Å². The molecule has 0 heterocycles. The Morgan fingerprint density at radius 3 is 2.41 bits per heavy atom. The lowest BCUT2D eigenvalue weighted by atomic mass is 9.95. The number of carbonyl (C=O) groups excluding carboxylic acids is 2. The summed E-state index contributed by atoms with van der Waals surface area (Å²) in [6.45, 7) is 1.11. The normalized spacial score (nSPS) is 15.1. The predicted molar refractivity (Wildman–Crippen MR) is 147 cm³/mol. The zero-order chi connectivity index (χ0) is 27.2. The van der Waals surface area contributed by atoms with Gasteiger partial charge in [0.05, 0.1) is 19.1 Å². The van der Waals surface area contributed by atoms with Crippen molar-refractivity contribution in [1.82, 2.24) is 10.2 Å². The first kappa shape index (κ1) is 29.1. The minimum Gasteiger partial charge on any atom is -0.495 e. The summed E-state index contributed by atoms with van der Waals surface area (Å²) < 4.78 is 31.8. The van der Waals surface area contributed by atoms with Crippen LogP contribution in [-0.4, -0.2) is 57.1 Å². The lowest BCUT2D eigenvalue weighted by Crippen LogP contribution is -2.53. The highest BCUT2D eigenvalue weighted by molar-refractivity contribution is 7.92. The number of carbonyl (C=O) groups is 2. The maximum Gasteiger partial charge on any atom is 0.244 e. The van der Waals surface area contributed by atoms with Crippen LogP contribution in [0.4, 0.5) is 5.69 Å². The molecule has 0 spiro atoms. The lowest BCUT2D eigenvalue weighted by Gasteiger charge is -2.33. The molecule has 1 aliphatic rings. The van der Waals surface area contributed by atoms with Crippen LogP contribution in [0.2, 0.25) is 10.0 Å². The van der Waals surface area contributed by atoms with E-state index in [0.29, 0.717) is 21.4 Å². The highest BCUT2D eigenvalue weighted by Gasteiger charge is 2.32. The van der Waals surface area contributed by atoms with E-state index in [1.165, 1.54) is 12.0 Å². The van der Waals surface area contributed by atoms with Gasteiger partial charge in [-0.2, -0.15) is 0 Å². The van der Waals surface area contributed by atoms with E-state index in [9.17, 15) is 18.0 Å². The minimum absolute atomic E-state index is 0.00237. The van der Waals surface area contributed by atoms with E-state index >= 15 is 0 Å². The van der Waals surface area contributed by atoms with E-state index in [0.717, 1.165) is 42.7 Å². The molecule has 202 valence electrons. The predicted octanol–water partition coefficient (Wildman–Crippen LogP) is 4.63. The number of anilines is 1. The Balaban J connectivity index is 1.92. The fraction of sp³-hybridized carbons (Fsp3) is 0.462. The fourth-order valence-corrected chi connectivity index (χ4v) is 5.74. The average molecular weight is 571 g/mol. The van der Waals surface area contributed by atoms with Gasteiger partial charge >= 0.3 is 0 Å². The number of nitrogens with one attached hydrogen (secondary N) is 1. The van der Waals surface area contributed by atoms with Crippen LogP contribution >= 0.6 is 23.2 Å². The number of methoxy groups -OCH3 is 1. The Bertz CT molecular complexity index is 1220. The second-order valence-corrected chi connectivity index (χ2v) is 12.0. The smallest absolute Gasteiger partial charge is 0.244 e. The van der Waals surface area contributed by atoms with E-state index in [1.807, 2.05) is 0 Å². The maximum absolute atomic E-state index is 13.7. The highest BCUT2D eigenvalue weighted by atomic mass is 35.5. The van der Waals surface area contributed by atoms with Gasteiger partial charge in [0.1, 0.15) is 18.3 Å². The summed E-state index contributed by atoms with van der Waals surface area (Å²) in [6.07, 6.45) is 6.05. The number of para-hydroxylation sites is 2. The molecule has 1 saturated carbocycles. The third-order valence-corrected chi connectivity index (χ3v) is 8.22. The van der Waals surface area contributed by atoms with Crippen LogP contribution in [0, 0.1) is 0 Å². The molecule has 37 heavy (non-hydrogen) atoms. The largest absolute Gasteiger partial charge is 0.495 e. The van der Waals surface area contributed by atoms with E-state index in [4.69, 9.17) is 27.9 Å². The molecule has 0 saturated heterocycles. The fourth-order valence-electron chi connectivity index (χ4n) is 4.42. The molecule has 0 aliphatic heterocycles. The number of ether oxygens (including phenoxy) is 1. The van der Waals surface area contributed by atoms with Crippen molar-refractivity contribution in [3.63, 3.8) is 0 Å². The molecule has 11 heteroatoms. The topological polar surface area (TPSA) is 96.0 Å². The second kappa shape index (κ2) is 12.8. The van der Waals surface area contributed by atoms with Gasteiger partial charge in [-0.15, -0.1) is 0 Å². The molecule has 8 nitrogen and oxygen atoms in total. The van der Waals surface area contributed by atoms with E-state index < -0.39 is 28.5 Å². The van der Waals surface area contributed by atoms with Crippen LogP contribution in [0.15, 0.2) is 42.5 Å². The molecular weight excluding hydrogens is 537 g/mol. The van der Waals surface area contributed by atoms with Crippen molar-refractivity contribution in [2.75, 3.05) is 24.2 Å². The third-order valence-electron chi connectivity index (χ3n) is 6.51. The van der Waals surface area contributed by atoms with Crippen molar-refractivity contribution in [3.8, 4) is 5.75 Å². The van der Waals surface area contributed by atoms with Crippen molar-refractivity contribution in [1.29, 1.82) is 0 Å². The molecule has 1 atom stereocenters. The summed E-state index contributed by atoms with van der Waals surface area (Å²) in [5.41, 5.74) is 0.810. The van der Waals surface area contributed by atoms with Crippen LogP contribution in [-0.2, 0) is 26.2 Å². The van der Waals surface area contributed by atoms with Crippen molar-refractivity contribution < 1.29 is 22.7 Å². The lowest BCUT2D eigenvalue weighted by molar-refractivity contribution is -0.139. The van der Waals surface area contributed by atoms with Crippen molar-refractivity contribution in [2.45, 2.75) is 57.7 Å². The van der Waals surface area contributed by atoms with Gasteiger partial charge in [0.15, 0.2) is 0 Å². The van der Waals surface area contributed by atoms with Crippen molar-refractivity contribution >= 4 is 50.7 Å². The molecule has 0 unspecified atom stereocenters. The van der Waals surface area contributed by atoms with Crippen LogP contribution < -0.4 is 14.4 Å². The van der Waals surface area contributed by atoms with Gasteiger partial charge in [0.25, 0.3) is 0 Å². The molecule has 1 N–H and O–H groups in total. The molecule has 0 radical (unpaired) electrons. The Morgan fingerprint density at radius 1 is 1.11 bits per heavy atom. The van der Waals surface area contributed by atoms with Crippen molar-refractivity contribution in [3.05, 3.63) is 58.1 Å². The summed E-state index contributed by atoms with van der Waals surface area (Å²) in [5, 5.41) is 3.84. The van der Waals surface area contributed by atoms with Gasteiger partial charge in [-0.05, 0) is 49.6 Å². The van der Waals surface area contributed by atoms with Crippen LogP contribution in [0.3, 0.4) is 0 Å². The Morgan fingerprint density at radius 2 is 1.78 bits per heavy atom. The van der Waals surface area contributed by atoms with E-state index in [-0.39, 0.29) is 24.2 Å². The maximum atomic E-state index is 13.7. The summed E-state index contributed by atoms with van der Waals surface area (Å²) in [6, 6.07) is 10.6. The first-order valence-corrected chi connectivity index (χ1v) is 14.8. The van der Waals surface area contributed by atoms with Gasteiger partial charge in [-0.25, -0.2) is 8.42 Å². The Labute approximate surface area is 228 Å². The Hall–Kier alpha value is -2.49. The third kappa shape index (κ3) is 7.75. The molecule has 2 aromatic carbocycles. The van der Waals surface area contributed by atoms with Gasteiger partial charge in [-0.3, -0.25) is 13.9 Å². The molecule has 1 aliphatic carbocycles. The monoisotopic (exact) mass is 569 g/mol. The molecule has 2 aromatic rings. The first-order valence-electron chi connectivity index (χ1n) is 12.2. The number of hydrogen-bond acceptors (Lipinski definition) is 5. The zero-order valence-corrected chi connectivity index (χ0v) is 23.6. The average Bonchev–Trinajstić information content (AvgIpc) is 2.86. The summed E-state index contributed by atoms with van der Waals surface area (Å²) in [7, 11) is -2.45. The number of rotatable bonds is 10. The van der Waals surface area contributed by atoms with Crippen molar-refractivity contribution in [2.24, 2.45) is 0 Å². The van der Waals surface area contributed by atoms with Crippen LogP contribution in [0.25, 0.3) is 0 Å². The van der Waals surface area contributed by atoms with E-state index in [2.05, 4.69) is 5.32 Å². The van der Waals surface area contributed by atoms with Crippen LogP contribution in [0.1, 0.15) is 44.6 Å². The molecule has 2 amide bonds. The highest BCUT2D eigenvalue weighted by Crippen LogP contribution is 2.30. The number of hydrogen-bond donors (Lipinski definition) is 1. The van der Waals surface area contributed by atoms with Gasteiger partial charge < -0.3 is 15.0 Å². The van der Waals surface area contributed by atoms with E-state index in [1.54, 1.807) is 49.4 Å². The molecular formula is C26H33Cl2N3O5S. The van der Waals surface area contributed by atoms with Gasteiger partial charge in [0.2, 0.25) is 21.8 Å². The quantitative estimate of drug-likeness (QED) is 0.449. The standard InChI is InChI=1S/C26H33Cl2N3O5S/c1-18(26(33)29-21-9-5-4-6-10-21)30(16-19-13-14-20(27)15-22(19)28)25(32)17-31(37(3,34)35)23-11-7-8-12-24(23)36-2/h7-8,11-15,18,21H,4-6,9-10,16-17H2,1-3H3,(H,29,33)/t18-/m1/s1. The Kier molecular flexibility index (Phi) is 10.1. The van der Waals surface area contributed by atoms with Crippen LogP contribution in [0.5, 0.6) is 5.75 Å². The van der Waals surface area contributed by atoms with Gasteiger partial charge in [-0.1, -0.05) is 60.7 Å². The second-order valence-electron chi connectivity index (χ2n) is 9.22. The number of sulfonamides is 1. The zero-order valence-electron chi connectivity index (χ0n) is 21.2. The molecule has 3 rings (SSSR count). The molecule has 0 bridgehead atoms. The molecule has 0 aromatic heterocycles. The summed E-state index contributed by atoms with van der Waals surface area (Å²) in [5.74, 6) is -0.557.